The summed E-state index contributed by atoms with van der Waals surface area (Å²) in [5.74, 6) is -0.840. The van der Waals surface area contributed by atoms with Crippen molar-refractivity contribution in [2.24, 2.45) is 5.73 Å². The first-order chi connectivity index (χ1) is 12.5. The Labute approximate surface area is 155 Å². The summed E-state index contributed by atoms with van der Waals surface area (Å²) in [6.45, 7) is 3.05. The Bertz CT molecular complexity index is 773. The number of Topliss-reactive ketones (excluding diaryl/α,β-unsaturated/α-hetero) is 1. The largest absolute Gasteiger partial charge is 0.365 e. The first-order valence-corrected chi connectivity index (χ1v) is 9.74. The summed E-state index contributed by atoms with van der Waals surface area (Å²) in [4.78, 5) is 27.4. The predicted molar refractivity (Wildman–Crippen MR) is 103 cm³/mol. The van der Waals surface area contributed by atoms with Gasteiger partial charge >= 0.3 is 0 Å². The van der Waals surface area contributed by atoms with Crippen LogP contribution in [-0.4, -0.2) is 48.3 Å². The summed E-state index contributed by atoms with van der Waals surface area (Å²) < 4.78 is 0.595. The number of hydrogen-bond donors (Lipinski definition) is 1. The molecule has 0 saturated carbocycles. The van der Waals surface area contributed by atoms with Crippen LogP contribution in [0.2, 0.25) is 0 Å². The summed E-state index contributed by atoms with van der Waals surface area (Å²) >= 11 is 0. The van der Waals surface area contributed by atoms with Gasteiger partial charge in [0.25, 0.3) is 5.91 Å². The zero-order chi connectivity index (χ0) is 18.5. The minimum atomic E-state index is -0.612. The quantitative estimate of drug-likeness (QED) is 0.668. The molecule has 3 aliphatic rings. The molecule has 2 saturated heterocycles. The first kappa shape index (κ1) is 17.4. The lowest BCUT2D eigenvalue weighted by Gasteiger charge is -2.48. The van der Waals surface area contributed by atoms with E-state index in [1.54, 1.807) is 0 Å². The summed E-state index contributed by atoms with van der Waals surface area (Å²) in [5, 5.41) is 0. The number of piperidine rings is 1. The van der Waals surface area contributed by atoms with Crippen LogP contribution in [0.4, 0.5) is 5.69 Å². The number of nitrogens with two attached hydrogens (primary N) is 1. The van der Waals surface area contributed by atoms with Crippen molar-refractivity contribution in [3.8, 4) is 0 Å². The van der Waals surface area contributed by atoms with Crippen molar-refractivity contribution >= 4 is 17.4 Å². The van der Waals surface area contributed by atoms with Crippen LogP contribution < -0.4 is 10.2 Å². The second kappa shape index (κ2) is 6.32. The summed E-state index contributed by atoms with van der Waals surface area (Å²) in [7, 11) is 2.24. The van der Waals surface area contributed by atoms with E-state index in [1.807, 2.05) is 24.4 Å². The van der Waals surface area contributed by atoms with Gasteiger partial charge in [-0.2, -0.15) is 0 Å². The lowest BCUT2D eigenvalue weighted by atomic mass is 9.88. The van der Waals surface area contributed by atoms with Gasteiger partial charge in [0.2, 0.25) is 5.78 Å². The van der Waals surface area contributed by atoms with E-state index in [9.17, 15) is 9.59 Å². The number of para-hydroxylation sites is 1. The molecule has 5 heteroatoms. The fourth-order valence-electron chi connectivity index (χ4n) is 5.51. The van der Waals surface area contributed by atoms with E-state index < -0.39 is 5.91 Å². The van der Waals surface area contributed by atoms with Crippen LogP contribution in [0.25, 0.3) is 0 Å². The minimum absolute atomic E-state index is 0.156. The Balaban J connectivity index is 1.87. The number of benzene rings is 1. The summed E-state index contributed by atoms with van der Waals surface area (Å²) in [6.07, 6.45) is 7.56. The molecule has 0 aromatic heterocycles. The van der Waals surface area contributed by atoms with Crippen LogP contribution in [0.3, 0.4) is 0 Å². The molecule has 2 N–H and O–H groups in total. The molecule has 0 aliphatic carbocycles. The van der Waals surface area contributed by atoms with Crippen molar-refractivity contribution in [3.63, 3.8) is 0 Å². The van der Waals surface area contributed by atoms with Crippen molar-refractivity contribution in [1.82, 2.24) is 9.38 Å². The molecule has 2 bridgehead atoms. The van der Waals surface area contributed by atoms with Crippen molar-refractivity contribution in [1.29, 1.82) is 0 Å². The molecular formula is C21H28N3O2+. The number of quaternary nitrogens is 1. The van der Waals surface area contributed by atoms with Gasteiger partial charge in [-0.25, -0.2) is 0 Å². The monoisotopic (exact) mass is 354 g/mol. The zero-order valence-electron chi connectivity index (χ0n) is 15.6. The molecule has 138 valence electrons. The molecule has 1 amide bonds. The number of primary amides is 1. The third kappa shape index (κ3) is 2.45. The van der Waals surface area contributed by atoms with Gasteiger partial charge < -0.3 is 5.73 Å². The van der Waals surface area contributed by atoms with Gasteiger partial charge in [0, 0.05) is 31.0 Å². The van der Waals surface area contributed by atoms with Gasteiger partial charge in [-0.15, -0.1) is 0 Å². The highest BCUT2D eigenvalue weighted by atomic mass is 16.2. The molecular weight excluding hydrogens is 326 g/mol. The Morgan fingerprint density at radius 3 is 2.50 bits per heavy atom. The molecule has 3 aliphatic heterocycles. The summed E-state index contributed by atoms with van der Waals surface area (Å²) in [5.41, 5.74) is 7.44. The molecule has 0 spiro atoms. The first-order valence-electron chi connectivity index (χ1n) is 9.74. The average molecular weight is 354 g/mol. The van der Waals surface area contributed by atoms with Crippen molar-refractivity contribution in [2.45, 2.75) is 57.2 Å². The van der Waals surface area contributed by atoms with Crippen LogP contribution in [0.5, 0.6) is 0 Å². The van der Waals surface area contributed by atoms with Gasteiger partial charge in [-0.3, -0.25) is 19.0 Å². The molecule has 1 aromatic carbocycles. The van der Waals surface area contributed by atoms with E-state index in [-0.39, 0.29) is 11.4 Å². The SMILES string of the molecule is CCC[N+]1(C2CC3CCC(C2)N3C)C=C(C(N)=O)C(=O)c2ccccc21. The highest BCUT2D eigenvalue weighted by Gasteiger charge is 2.51. The van der Waals surface area contributed by atoms with Gasteiger partial charge in [-0.1, -0.05) is 19.1 Å². The van der Waals surface area contributed by atoms with Gasteiger partial charge in [0.15, 0.2) is 0 Å². The highest BCUT2D eigenvalue weighted by Crippen LogP contribution is 2.45. The number of nitrogens with zero attached hydrogens (tertiary/aromatic N) is 2. The fourth-order valence-corrected chi connectivity index (χ4v) is 5.51. The number of rotatable bonds is 4. The second-order valence-electron chi connectivity index (χ2n) is 8.08. The van der Waals surface area contributed by atoms with Crippen LogP contribution in [0.15, 0.2) is 36.0 Å². The highest BCUT2D eigenvalue weighted by molar-refractivity contribution is 6.27. The number of fused-ring (bicyclic) bond motifs is 3. The van der Waals surface area contributed by atoms with Gasteiger partial charge in [-0.05, 0) is 32.4 Å². The molecule has 0 radical (unpaired) electrons. The Morgan fingerprint density at radius 2 is 1.88 bits per heavy atom. The molecule has 3 unspecified atom stereocenters. The number of hydrogen-bond acceptors (Lipinski definition) is 3. The van der Waals surface area contributed by atoms with Crippen molar-refractivity contribution in [2.75, 3.05) is 13.6 Å². The van der Waals surface area contributed by atoms with E-state index in [0.29, 0.717) is 28.2 Å². The zero-order valence-corrected chi connectivity index (χ0v) is 15.6. The average Bonchev–Trinajstić information content (AvgIpc) is 2.84. The van der Waals surface area contributed by atoms with E-state index in [1.165, 1.54) is 12.8 Å². The third-order valence-corrected chi connectivity index (χ3v) is 6.79. The molecule has 26 heavy (non-hydrogen) atoms. The maximum atomic E-state index is 12.8. The molecule has 2 fully saturated rings. The number of carbonyl (C=O) groups is 2. The van der Waals surface area contributed by atoms with Crippen molar-refractivity contribution in [3.05, 3.63) is 41.6 Å². The Kier molecular flexibility index (Phi) is 4.24. The van der Waals surface area contributed by atoms with E-state index >= 15 is 0 Å². The maximum absolute atomic E-state index is 12.8. The smallest absolute Gasteiger partial charge is 0.258 e. The molecule has 3 heterocycles. The second-order valence-corrected chi connectivity index (χ2v) is 8.08. The molecule has 5 nitrogen and oxygen atoms in total. The number of ketones is 1. The Morgan fingerprint density at radius 1 is 1.23 bits per heavy atom. The van der Waals surface area contributed by atoms with Gasteiger partial charge in [0.05, 0.1) is 12.1 Å². The van der Waals surface area contributed by atoms with Crippen LogP contribution in [-0.2, 0) is 4.79 Å². The summed E-state index contributed by atoms with van der Waals surface area (Å²) in [6, 6.07) is 9.37. The molecule has 1 aromatic rings. The van der Waals surface area contributed by atoms with Crippen LogP contribution in [0.1, 0.15) is 49.4 Å². The number of amides is 1. The lowest BCUT2D eigenvalue weighted by molar-refractivity contribution is -0.114. The normalized spacial score (nSPS) is 33.7. The maximum Gasteiger partial charge on any atom is 0.258 e. The van der Waals surface area contributed by atoms with Gasteiger partial charge in [0.1, 0.15) is 23.5 Å². The molecule has 3 atom stereocenters. The van der Waals surface area contributed by atoms with E-state index in [2.05, 4.69) is 24.9 Å². The third-order valence-electron chi connectivity index (χ3n) is 6.79. The Hall–Kier alpha value is -1.98. The predicted octanol–water partition coefficient (Wildman–Crippen LogP) is 2.59. The van der Waals surface area contributed by atoms with E-state index in [4.69, 9.17) is 5.73 Å². The van der Waals surface area contributed by atoms with Crippen LogP contribution in [0, 0.1) is 0 Å². The standard InChI is InChI=1S/C21H27N3O2/c1-3-10-24(16-11-14-8-9-15(12-16)23(14)2)13-18(21(22)26)20(25)17-6-4-5-7-19(17)24/h4-7,13-16H,3,8-12H2,1-2H3,(H-,22,26)/p+1. The number of carbonyl (C=O) groups excluding carboxylic acids is 2. The van der Waals surface area contributed by atoms with E-state index in [0.717, 1.165) is 31.5 Å². The lowest BCUT2D eigenvalue weighted by Crippen LogP contribution is -2.61. The molecule has 4 rings (SSSR count). The minimum Gasteiger partial charge on any atom is -0.365 e. The van der Waals surface area contributed by atoms with Crippen LogP contribution >= 0.6 is 0 Å². The fraction of sp³-hybridized carbons (Fsp3) is 0.524. The topological polar surface area (TPSA) is 63.4 Å². The van der Waals surface area contributed by atoms with Crippen molar-refractivity contribution < 1.29 is 9.59 Å².